The number of carbonyl (C=O) groups is 1. The minimum Gasteiger partial charge on any atom is -0.355 e. The van der Waals surface area contributed by atoms with Gasteiger partial charge in [-0.3, -0.25) is 4.79 Å². The van der Waals surface area contributed by atoms with Crippen LogP contribution in [0.1, 0.15) is 122 Å². The molecule has 1 rings (SSSR count). The van der Waals surface area contributed by atoms with Crippen molar-refractivity contribution in [3.8, 4) is 6.07 Å². The van der Waals surface area contributed by atoms with Gasteiger partial charge in [-0.05, 0) is 19.3 Å². The fourth-order valence-electron chi connectivity index (χ4n) is 3.56. The lowest BCUT2D eigenvalue weighted by atomic mass is 10.0. The largest absolute Gasteiger partial charge is 0.355 e. The van der Waals surface area contributed by atoms with Crippen LogP contribution < -0.4 is 5.32 Å². The standard InChI is InChI=1S/C23H42N2O/c1-2-3-4-5-6-7-8-9-10-11-12-13-14-15-16-17-20-25-22(26)23(21-24)18-19-23/h2-20H2,1H3,(H,25,26). The second-order valence-corrected chi connectivity index (χ2v) is 8.25. The summed E-state index contributed by atoms with van der Waals surface area (Å²) in [6, 6.07) is 2.15. The second kappa shape index (κ2) is 15.1. The van der Waals surface area contributed by atoms with E-state index in [2.05, 4.69) is 18.3 Å². The molecular formula is C23H42N2O. The van der Waals surface area contributed by atoms with Crippen molar-refractivity contribution in [2.45, 2.75) is 122 Å². The molecule has 1 amide bonds. The molecule has 3 nitrogen and oxygen atoms in total. The highest BCUT2D eigenvalue weighted by atomic mass is 16.2. The summed E-state index contributed by atoms with van der Waals surface area (Å²) in [4.78, 5) is 11.8. The number of rotatable bonds is 18. The first-order chi connectivity index (χ1) is 12.7. The Kier molecular flexibility index (Phi) is 13.3. The molecule has 1 aliphatic carbocycles. The minimum atomic E-state index is -0.658. The maximum Gasteiger partial charge on any atom is 0.240 e. The average Bonchev–Trinajstić information content (AvgIpc) is 3.45. The lowest BCUT2D eigenvalue weighted by molar-refractivity contribution is -0.124. The summed E-state index contributed by atoms with van der Waals surface area (Å²) in [5.41, 5.74) is -0.658. The van der Waals surface area contributed by atoms with Crippen LogP contribution in [0.15, 0.2) is 0 Å². The van der Waals surface area contributed by atoms with E-state index >= 15 is 0 Å². The number of nitriles is 1. The monoisotopic (exact) mass is 362 g/mol. The lowest BCUT2D eigenvalue weighted by Crippen LogP contribution is -2.31. The minimum absolute atomic E-state index is 0.0408. The molecule has 0 saturated heterocycles. The Hall–Kier alpha value is -1.04. The summed E-state index contributed by atoms with van der Waals surface area (Å²) >= 11 is 0. The van der Waals surface area contributed by atoms with Gasteiger partial charge in [-0.25, -0.2) is 0 Å². The first-order valence-corrected chi connectivity index (χ1v) is 11.4. The number of unbranched alkanes of at least 4 members (excludes halogenated alkanes) is 15. The zero-order chi connectivity index (χ0) is 18.9. The third kappa shape index (κ3) is 10.8. The summed E-state index contributed by atoms with van der Waals surface area (Å²) < 4.78 is 0. The number of hydrogen-bond donors (Lipinski definition) is 1. The molecule has 0 bridgehead atoms. The van der Waals surface area contributed by atoms with Crippen molar-refractivity contribution in [3.63, 3.8) is 0 Å². The summed E-state index contributed by atoms with van der Waals surface area (Å²) in [6.07, 6.45) is 23.3. The number of nitrogens with zero attached hydrogens (tertiary/aromatic N) is 1. The lowest BCUT2D eigenvalue weighted by Gasteiger charge is -2.07. The maximum atomic E-state index is 11.8. The molecule has 1 N–H and O–H groups in total. The molecule has 0 spiro atoms. The summed E-state index contributed by atoms with van der Waals surface area (Å²) in [5.74, 6) is -0.0408. The Balaban J connectivity index is 1.71. The van der Waals surface area contributed by atoms with E-state index in [9.17, 15) is 4.79 Å². The number of amides is 1. The van der Waals surface area contributed by atoms with Gasteiger partial charge in [0.25, 0.3) is 0 Å². The molecule has 0 aromatic heterocycles. The quantitative estimate of drug-likeness (QED) is 0.277. The summed E-state index contributed by atoms with van der Waals surface area (Å²) in [5, 5.41) is 11.9. The first-order valence-electron chi connectivity index (χ1n) is 11.4. The van der Waals surface area contributed by atoms with Gasteiger partial charge < -0.3 is 5.32 Å². The molecule has 3 heteroatoms. The van der Waals surface area contributed by atoms with Crippen molar-refractivity contribution in [3.05, 3.63) is 0 Å². The first kappa shape index (κ1) is 23.0. The van der Waals surface area contributed by atoms with Crippen LogP contribution in [0.25, 0.3) is 0 Å². The molecular weight excluding hydrogens is 320 g/mol. The Morgan fingerprint density at radius 1 is 0.769 bits per heavy atom. The Labute approximate surface area is 162 Å². The molecule has 0 aliphatic heterocycles. The SMILES string of the molecule is CCCCCCCCCCCCCCCCCCNC(=O)C1(C#N)CC1. The van der Waals surface area contributed by atoms with E-state index in [-0.39, 0.29) is 5.91 Å². The molecule has 1 saturated carbocycles. The van der Waals surface area contributed by atoms with Crippen LogP contribution in [0.5, 0.6) is 0 Å². The van der Waals surface area contributed by atoms with Gasteiger partial charge in [-0.15, -0.1) is 0 Å². The molecule has 150 valence electrons. The Morgan fingerprint density at radius 2 is 1.15 bits per heavy atom. The van der Waals surface area contributed by atoms with Crippen LogP contribution in [-0.4, -0.2) is 12.5 Å². The van der Waals surface area contributed by atoms with Crippen LogP contribution in [0.3, 0.4) is 0 Å². The number of hydrogen-bond acceptors (Lipinski definition) is 2. The third-order valence-electron chi connectivity index (χ3n) is 5.71. The molecule has 0 aromatic rings. The van der Waals surface area contributed by atoms with Gasteiger partial charge in [0.15, 0.2) is 0 Å². The molecule has 1 fully saturated rings. The van der Waals surface area contributed by atoms with Crippen LogP contribution >= 0.6 is 0 Å². The van der Waals surface area contributed by atoms with Crippen molar-refractivity contribution in [2.24, 2.45) is 5.41 Å². The zero-order valence-corrected chi connectivity index (χ0v) is 17.3. The van der Waals surface area contributed by atoms with Gasteiger partial charge >= 0.3 is 0 Å². The van der Waals surface area contributed by atoms with Gasteiger partial charge in [0.1, 0.15) is 5.41 Å². The van der Waals surface area contributed by atoms with E-state index in [4.69, 9.17) is 5.26 Å². The van der Waals surface area contributed by atoms with E-state index in [0.29, 0.717) is 0 Å². The van der Waals surface area contributed by atoms with Gasteiger partial charge in [0.05, 0.1) is 6.07 Å². The van der Waals surface area contributed by atoms with Gasteiger partial charge in [0.2, 0.25) is 5.91 Å². The maximum absolute atomic E-state index is 11.8. The predicted molar refractivity (Wildman–Crippen MR) is 110 cm³/mol. The highest BCUT2D eigenvalue weighted by Crippen LogP contribution is 2.44. The van der Waals surface area contributed by atoms with Crippen LogP contribution in [0.2, 0.25) is 0 Å². The highest BCUT2D eigenvalue weighted by molar-refractivity contribution is 5.88. The summed E-state index contributed by atoms with van der Waals surface area (Å²) in [6.45, 7) is 3.02. The smallest absolute Gasteiger partial charge is 0.240 e. The normalized spacial score (nSPS) is 14.8. The van der Waals surface area contributed by atoms with Crippen molar-refractivity contribution in [1.29, 1.82) is 5.26 Å². The van der Waals surface area contributed by atoms with E-state index in [1.54, 1.807) is 0 Å². The molecule has 0 radical (unpaired) electrons. The van der Waals surface area contributed by atoms with Gasteiger partial charge in [-0.2, -0.15) is 5.26 Å². The van der Waals surface area contributed by atoms with Crippen LogP contribution in [0.4, 0.5) is 0 Å². The van der Waals surface area contributed by atoms with E-state index in [1.165, 1.54) is 96.3 Å². The van der Waals surface area contributed by atoms with Crippen molar-refractivity contribution < 1.29 is 4.79 Å². The fourth-order valence-corrected chi connectivity index (χ4v) is 3.56. The number of nitrogens with one attached hydrogen (secondary N) is 1. The zero-order valence-electron chi connectivity index (χ0n) is 17.3. The summed E-state index contributed by atoms with van der Waals surface area (Å²) in [7, 11) is 0. The van der Waals surface area contributed by atoms with Crippen molar-refractivity contribution >= 4 is 5.91 Å². The average molecular weight is 363 g/mol. The van der Waals surface area contributed by atoms with Crippen molar-refractivity contribution in [1.82, 2.24) is 5.32 Å². The number of carbonyl (C=O) groups excluding carboxylic acids is 1. The van der Waals surface area contributed by atoms with E-state index in [0.717, 1.165) is 25.8 Å². The van der Waals surface area contributed by atoms with Gasteiger partial charge in [0, 0.05) is 6.54 Å². The topological polar surface area (TPSA) is 52.9 Å². The fraction of sp³-hybridized carbons (Fsp3) is 0.913. The Bertz CT molecular complexity index is 396. The molecule has 1 aliphatic rings. The molecule has 26 heavy (non-hydrogen) atoms. The predicted octanol–water partition coefficient (Wildman–Crippen LogP) is 6.67. The Morgan fingerprint density at radius 3 is 1.50 bits per heavy atom. The molecule has 0 atom stereocenters. The van der Waals surface area contributed by atoms with Crippen molar-refractivity contribution in [2.75, 3.05) is 6.54 Å². The van der Waals surface area contributed by atoms with Gasteiger partial charge in [-0.1, -0.05) is 103 Å². The third-order valence-corrected chi connectivity index (χ3v) is 5.71. The second-order valence-electron chi connectivity index (χ2n) is 8.25. The van der Waals surface area contributed by atoms with E-state index < -0.39 is 5.41 Å². The molecule has 0 aromatic carbocycles. The van der Waals surface area contributed by atoms with Crippen LogP contribution in [-0.2, 0) is 4.79 Å². The van der Waals surface area contributed by atoms with Crippen LogP contribution in [0, 0.1) is 16.7 Å². The van der Waals surface area contributed by atoms with E-state index in [1.807, 2.05) is 0 Å². The molecule has 0 heterocycles. The molecule has 0 unspecified atom stereocenters. The highest BCUT2D eigenvalue weighted by Gasteiger charge is 2.50.